The molecule has 1 aromatic rings. The third kappa shape index (κ3) is 2.94. The first-order valence-electron chi connectivity index (χ1n) is 5.91. The average Bonchev–Trinajstić information content (AvgIpc) is 2.46. The second-order valence-electron chi connectivity index (χ2n) is 3.99. The molecule has 0 fully saturated rings. The van der Waals surface area contributed by atoms with Gasteiger partial charge in [-0.05, 0) is 31.1 Å². The van der Waals surface area contributed by atoms with E-state index in [9.17, 15) is 9.59 Å². The molecule has 92 valence electrons. The maximum absolute atomic E-state index is 11.2. The van der Waals surface area contributed by atoms with Crippen molar-refractivity contribution in [3.8, 4) is 0 Å². The Hall–Kier alpha value is -2.16. The van der Waals surface area contributed by atoms with Gasteiger partial charge in [0.25, 0.3) is 0 Å². The van der Waals surface area contributed by atoms with Crippen molar-refractivity contribution in [3.05, 3.63) is 59.9 Å². The fourth-order valence-corrected chi connectivity index (χ4v) is 1.73. The highest BCUT2D eigenvalue weighted by molar-refractivity contribution is 6.21. The molecule has 3 heteroatoms. The van der Waals surface area contributed by atoms with Gasteiger partial charge in [0.1, 0.15) is 0 Å². The van der Waals surface area contributed by atoms with Crippen LogP contribution in [0.4, 0.5) is 0 Å². The average molecular weight is 242 g/mol. The first-order chi connectivity index (χ1) is 8.79. The zero-order valence-corrected chi connectivity index (χ0v) is 9.96. The molecule has 3 rings (SSSR count). The summed E-state index contributed by atoms with van der Waals surface area (Å²) in [6.07, 6.45) is 8.82. The monoisotopic (exact) mass is 242 g/mol. The van der Waals surface area contributed by atoms with Crippen LogP contribution in [0.1, 0.15) is 33.6 Å². The predicted octanol–water partition coefficient (Wildman–Crippen LogP) is 2.93. The standard InChI is InChI=1S/C10H6O2.C5H8O/c11-9-5-6-10(12)8-4-2-1-3-7(8)9;1-2-4-6-5-3-1/h1-6H;2,4H,1,3,5H2. The zero-order chi connectivity index (χ0) is 12.8. The van der Waals surface area contributed by atoms with E-state index < -0.39 is 0 Å². The van der Waals surface area contributed by atoms with E-state index in [2.05, 4.69) is 0 Å². The molecule has 2 aliphatic rings. The topological polar surface area (TPSA) is 43.4 Å². The Morgan fingerprint density at radius 2 is 1.56 bits per heavy atom. The van der Waals surface area contributed by atoms with Gasteiger partial charge in [-0.2, -0.15) is 0 Å². The summed E-state index contributed by atoms with van der Waals surface area (Å²) in [5.41, 5.74) is 1.01. The number of hydrogen-bond acceptors (Lipinski definition) is 3. The molecular formula is C15H14O3. The van der Waals surface area contributed by atoms with Crippen LogP contribution in [-0.2, 0) is 4.74 Å². The van der Waals surface area contributed by atoms with Crippen molar-refractivity contribution in [3.63, 3.8) is 0 Å². The van der Waals surface area contributed by atoms with Crippen LogP contribution in [0.2, 0.25) is 0 Å². The van der Waals surface area contributed by atoms with E-state index >= 15 is 0 Å². The third-order valence-electron chi connectivity index (χ3n) is 2.67. The fourth-order valence-electron chi connectivity index (χ4n) is 1.73. The molecule has 0 atom stereocenters. The first kappa shape index (κ1) is 12.3. The lowest BCUT2D eigenvalue weighted by molar-refractivity contribution is 0.0994. The molecule has 0 amide bonds. The predicted molar refractivity (Wildman–Crippen MR) is 68.6 cm³/mol. The summed E-state index contributed by atoms with van der Waals surface area (Å²) in [4.78, 5) is 22.4. The number of allylic oxidation sites excluding steroid dienone is 3. The first-order valence-corrected chi connectivity index (χ1v) is 5.91. The van der Waals surface area contributed by atoms with Crippen molar-refractivity contribution >= 4 is 11.6 Å². The highest BCUT2D eigenvalue weighted by Crippen LogP contribution is 2.15. The highest BCUT2D eigenvalue weighted by Gasteiger charge is 2.16. The van der Waals surface area contributed by atoms with Gasteiger partial charge in [0.05, 0.1) is 12.9 Å². The molecule has 0 aromatic heterocycles. The van der Waals surface area contributed by atoms with Gasteiger partial charge < -0.3 is 4.74 Å². The van der Waals surface area contributed by atoms with Crippen molar-refractivity contribution in [2.24, 2.45) is 0 Å². The normalized spacial score (nSPS) is 16.4. The minimum atomic E-state index is -0.0924. The third-order valence-corrected chi connectivity index (χ3v) is 2.67. The molecule has 0 N–H and O–H groups in total. The quantitative estimate of drug-likeness (QED) is 0.702. The number of carbonyl (C=O) groups is 2. The Morgan fingerprint density at radius 3 is 1.89 bits per heavy atom. The molecule has 1 heterocycles. The Bertz CT molecular complexity index is 467. The largest absolute Gasteiger partial charge is 0.502 e. The van der Waals surface area contributed by atoms with Crippen LogP contribution >= 0.6 is 0 Å². The van der Waals surface area contributed by atoms with E-state index in [1.54, 1.807) is 30.5 Å². The summed E-state index contributed by atoms with van der Waals surface area (Å²) in [6, 6.07) is 6.84. The number of hydrogen-bond donors (Lipinski definition) is 0. The number of rotatable bonds is 0. The molecule has 18 heavy (non-hydrogen) atoms. The summed E-state index contributed by atoms with van der Waals surface area (Å²) in [5, 5.41) is 0. The van der Waals surface area contributed by atoms with Crippen LogP contribution < -0.4 is 0 Å². The second kappa shape index (κ2) is 5.96. The number of carbonyl (C=O) groups excluding carboxylic acids is 2. The molecule has 0 unspecified atom stereocenters. The Labute approximate surface area is 106 Å². The van der Waals surface area contributed by atoms with E-state index in [1.165, 1.54) is 25.0 Å². The van der Waals surface area contributed by atoms with E-state index in [4.69, 9.17) is 4.74 Å². The van der Waals surface area contributed by atoms with Gasteiger partial charge in [-0.25, -0.2) is 0 Å². The maximum atomic E-state index is 11.2. The molecule has 0 saturated heterocycles. The van der Waals surface area contributed by atoms with E-state index in [1.807, 2.05) is 6.08 Å². The van der Waals surface area contributed by atoms with Gasteiger partial charge >= 0.3 is 0 Å². The minimum absolute atomic E-state index is 0.0924. The van der Waals surface area contributed by atoms with Crippen molar-refractivity contribution < 1.29 is 14.3 Å². The van der Waals surface area contributed by atoms with Crippen molar-refractivity contribution in [2.45, 2.75) is 12.8 Å². The number of benzene rings is 1. The molecule has 1 aliphatic heterocycles. The van der Waals surface area contributed by atoms with Crippen molar-refractivity contribution in [2.75, 3.05) is 6.61 Å². The zero-order valence-electron chi connectivity index (χ0n) is 9.96. The Balaban J connectivity index is 0.000000169. The van der Waals surface area contributed by atoms with Crippen LogP contribution in [0.5, 0.6) is 0 Å². The SMILES string of the molecule is C1=COCCC1.O=C1C=CC(=O)c2ccccc21. The van der Waals surface area contributed by atoms with E-state index in [0.29, 0.717) is 11.1 Å². The molecule has 0 bridgehead atoms. The van der Waals surface area contributed by atoms with Crippen LogP contribution in [0, 0.1) is 0 Å². The lowest BCUT2D eigenvalue weighted by Gasteiger charge is -2.06. The Morgan fingerprint density at radius 1 is 0.944 bits per heavy atom. The second-order valence-corrected chi connectivity index (χ2v) is 3.99. The fraction of sp³-hybridized carbons (Fsp3) is 0.200. The van der Waals surface area contributed by atoms with Crippen LogP contribution in [0.15, 0.2) is 48.8 Å². The van der Waals surface area contributed by atoms with Gasteiger partial charge in [0, 0.05) is 11.1 Å². The summed E-state index contributed by atoms with van der Waals surface area (Å²) >= 11 is 0. The van der Waals surface area contributed by atoms with Gasteiger partial charge in [0.2, 0.25) is 0 Å². The van der Waals surface area contributed by atoms with E-state index in [0.717, 1.165) is 6.61 Å². The molecule has 0 radical (unpaired) electrons. The van der Waals surface area contributed by atoms with E-state index in [-0.39, 0.29) is 11.6 Å². The smallest absolute Gasteiger partial charge is 0.186 e. The van der Waals surface area contributed by atoms with Crippen LogP contribution in [0.3, 0.4) is 0 Å². The van der Waals surface area contributed by atoms with Gasteiger partial charge in [0.15, 0.2) is 11.6 Å². The van der Waals surface area contributed by atoms with Crippen molar-refractivity contribution in [1.29, 1.82) is 0 Å². The lowest BCUT2D eigenvalue weighted by Crippen LogP contribution is -2.10. The molecule has 1 aromatic carbocycles. The molecule has 3 nitrogen and oxygen atoms in total. The number of ether oxygens (including phenoxy) is 1. The summed E-state index contributed by atoms with van der Waals surface area (Å²) in [7, 11) is 0. The van der Waals surface area contributed by atoms with Gasteiger partial charge in [-0.1, -0.05) is 24.3 Å². The Kier molecular flexibility index (Phi) is 4.07. The molecule has 0 spiro atoms. The molecule has 1 aliphatic carbocycles. The summed E-state index contributed by atoms with van der Waals surface area (Å²) < 4.78 is 4.89. The maximum Gasteiger partial charge on any atom is 0.186 e. The van der Waals surface area contributed by atoms with Gasteiger partial charge in [-0.3, -0.25) is 9.59 Å². The van der Waals surface area contributed by atoms with Crippen LogP contribution in [0.25, 0.3) is 0 Å². The van der Waals surface area contributed by atoms with Crippen LogP contribution in [-0.4, -0.2) is 18.2 Å². The van der Waals surface area contributed by atoms with Crippen molar-refractivity contribution in [1.82, 2.24) is 0 Å². The van der Waals surface area contributed by atoms with Gasteiger partial charge in [-0.15, -0.1) is 0 Å². The lowest BCUT2D eigenvalue weighted by atomic mass is 9.95. The number of ketones is 2. The summed E-state index contributed by atoms with van der Waals surface area (Å²) in [5.74, 6) is -0.185. The minimum Gasteiger partial charge on any atom is -0.502 e. The molecular weight excluding hydrogens is 228 g/mol. The highest BCUT2D eigenvalue weighted by atomic mass is 16.5. The summed E-state index contributed by atoms with van der Waals surface area (Å²) in [6.45, 7) is 0.913. The molecule has 0 saturated carbocycles. The number of fused-ring (bicyclic) bond motifs is 1.